The van der Waals surface area contributed by atoms with Crippen molar-refractivity contribution in [3.8, 4) is 0 Å². The largest absolute Gasteiger partial charge is 0.290 e. The van der Waals surface area contributed by atoms with Gasteiger partial charge >= 0.3 is 0 Å². The van der Waals surface area contributed by atoms with E-state index in [-0.39, 0.29) is 5.41 Å². The molecule has 0 saturated heterocycles. The molecule has 12 heavy (non-hydrogen) atoms. The summed E-state index contributed by atoms with van der Waals surface area (Å²) in [6.07, 6.45) is 2.80. The van der Waals surface area contributed by atoms with Crippen LogP contribution in [0.4, 0.5) is 0 Å². The second kappa shape index (κ2) is 3.53. The summed E-state index contributed by atoms with van der Waals surface area (Å²) >= 11 is 0. The van der Waals surface area contributed by atoms with Crippen molar-refractivity contribution in [1.29, 1.82) is 0 Å². The maximum atomic E-state index is 10.5. The van der Waals surface area contributed by atoms with Gasteiger partial charge in [0.25, 0.3) is 0 Å². The zero-order chi connectivity index (χ0) is 9.03. The highest BCUT2D eigenvalue weighted by Gasteiger charge is 2.17. The topological polar surface area (TPSA) is 17.1 Å². The van der Waals surface area contributed by atoms with E-state index in [1.54, 1.807) is 0 Å². The van der Waals surface area contributed by atoms with Crippen LogP contribution in [0, 0.1) is 5.41 Å². The zero-order valence-electron chi connectivity index (χ0n) is 7.50. The minimum atomic E-state index is -0.360. The first kappa shape index (κ1) is 8.98. The van der Waals surface area contributed by atoms with Gasteiger partial charge in [-0.25, -0.2) is 0 Å². The van der Waals surface area contributed by atoms with Crippen LogP contribution in [-0.2, 0) is 11.2 Å². The van der Waals surface area contributed by atoms with E-state index in [0.29, 0.717) is 0 Å². The van der Waals surface area contributed by atoms with Gasteiger partial charge in [-0.05, 0) is 12.0 Å². The Balaban J connectivity index is 2.70. The molecule has 0 heterocycles. The summed E-state index contributed by atoms with van der Waals surface area (Å²) in [5, 5.41) is 0. The lowest BCUT2D eigenvalue weighted by Gasteiger charge is -2.14. The summed E-state index contributed by atoms with van der Waals surface area (Å²) in [5.74, 6) is 0. The van der Waals surface area contributed by atoms with E-state index < -0.39 is 0 Å². The van der Waals surface area contributed by atoms with Crippen LogP contribution in [0.3, 0.4) is 0 Å². The van der Waals surface area contributed by atoms with Crippen molar-refractivity contribution in [2.45, 2.75) is 20.3 Å². The van der Waals surface area contributed by atoms with Crippen LogP contribution in [0.1, 0.15) is 19.4 Å². The van der Waals surface area contributed by atoms with Gasteiger partial charge in [-0.3, -0.25) is 4.79 Å². The molecule has 1 nitrogen and oxygen atoms in total. The van der Waals surface area contributed by atoms with Crippen LogP contribution in [0.2, 0.25) is 0 Å². The van der Waals surface area contributed by atoms with Gasteiger partial charge in [0.05, 0.1) is 0 Å². The molecule has 0 aromatic heterocycles. The molecular weight excluding hydrogens is 148 g/mol. The summed E-state index contributed by atoms with van der Waals surface area (Å²) in [6.45, 7) is 3.79. The van der Waals surface area contributed by atoms with Gasteiger partial charge in [0.15, 0.2) is 0 Å². The maximum absolute atomic E-state index is 10.5. The minimum absolute atomic E-state index is 0.360. The second-order valence-electron chi connectivity index (χ2n) is 3.65. The Kier molecular flexibility index (Phi) is 2.64. The molecule has 0 unspecified atom stereocenters. The lowest BCUT2D eigenvalue weighted by atomic mass is 9.87. The van der Waals surface area contributed by atoms with Crippen molar-refractivity contribution in [1.82, 2.24) is 0 Å². The fourth-order valence-electron chi connectivity index (χ4n) is 1.14. The highest BCUT2D eigenvalue weighted by atomic mass is 16.1. The molecular formula is C11H13O. The minimum Gasteiger partial charge on any atom is -0.290 e. The smallest absolute Gasteiger partial charge is 0.204 e. The van der Waals surface area contributed by atoms with Crippen molar-refractivity contribution < 1.29 is 4.79 Å². The molecule has 0 fully saturated rings. The first-order valence-electron chi connectivity index (χ1n) is 4.07. The second-order valence-corrected chi connectivity index (χ2v) is 3.65. The first-order valence-corrected chi connectivity index (χ1v) is 4.07. The molecule has 0 N–H and O–H groups in total. The number of carbonyl (C=O) groups excluding carboxylic acids is 1. The van der Waals surface area contributed by atoms with Gasteiger partial charge < -0.3 is 0 Å². The first-order chi connectivity index (χ1) is 5.64. The van der Waals surface area contributed by atoms with E-state index in [1.165, 1.54) is 5.56 Å². The van der Waals surface area contributed by atoms with Crippen LogP contribution in [0.25, 0.3) is 0 Å². The predicted molar refractivity (Wildman–Crippen MR) is 49.6 cm³/mol. The van der Waals surface area contributed by atoms with Gasteiger partial charge in [-0.15, -0.1) is 0 Å². The molecule has 0 aliphatic rings. The average molecular weight is 161 g/mol. The van der Waals surface area contributed by atoms with E-state index in [4.69, 9.17) is 0 Å². The Morgan fingerprint density at radius 1 is 1.25 bits per heavy atom. The maximum Gasteiger partial charge on any atom is 0.204 e. The predicted octanol–water partition coefficient (Wildman–Crippen LogP) is 2.37. The summed E-state index contributed by atoms with van der Waals surface area (Å²) in [5.41, 5.74) is 0.826. The van der Waals surface area contributed by atoms with Crippen molar-refractivity contribution >= 4 is 6.29 Å². The van der Waals surface area contributed by atoms with E-state index in [0.717, 1.165) is 6.42 Å². The van der Waals surface area contributed by atoms with Gasteiger partial charge in [-0.1, -0.05) is 44.2 Å². The number of hydrogen-bond acceptors (Lipinski definition) is 1. The van der Waals surface area contributed by atoms with Crippen LogP contribution < -0.4 is 0 Å². The third-order valence-electron chi connectivity index (χ3n) is 1.77. The molecule has 0 saturated carbocycles. The highest BCUT2D eigenvalue weighted by Crippen LogP contribution is 2.18. The lowest BCUT2D eigenvalue weighted by molar-refractivity contribution is 0.448. The van der Waals surface area contributed by atoms with Crippen molar-refractivity contribution in [3.05, 3.63) is 35.9 Å². The average Bonchev–Trinajstić information content (AvgIpc) is 2.06. The molecule has 0 aliphatic carbocycles. The molecule has 63 valence electrons. The van der Waals surface area contributed by atoms with Gasteiger partial charge in [0.1, 0.15) is 0 Å². The summed E-state index contributed by atoms with van der Waals surface area (Å²) in [7, 11) is 0. The quantitative estimate of drug-likeness (QED) is 0.665. The number of benzene rings is 1. The Labute approximate surface area is 73.4 Å². The molecule has 0 atom stereocenters. The summed E-state index contributed by atoms with van der Waals surface area (Å²) < 4.78 is 0. The normalized spacial score (nSPS) is 11.2. The molecule has 1 rings (SSSR count). The Bertz CT molecular complexity index is 249. The molecule has 1 aromatic rings. The molecule has 0 amide bonds. The molecule has 0 bridgehead atoms. The SMILES string of the molecule is CC(C)([C]=O)Cc1ccccc1. The van der Waals surface area contributed by atoms with Crippen LogP contribution in [0.5, 0.6) is 0 Å². The number of hydrogen-bond donors (Lipinski definition) is 0. The molecule has 1 heteroatoms. The third-order valence-corrected chi connectivity index (χ3v) is 1.77. The van der Waals surface area contributed by atoms with Gasteiger partial charge in [-0.2, -0.15) is 0 Å². The summed E-state index contributed by atoms with van der Waals surface area (Å²) in [6, 6.07) is 9.99. The molecule has 1 radical (unpaired) electrons. The fourth-order valence-corrected chi connectivity index (χ4v) is 1.14. The Morgan fingerprint density at radius 3 is 2.33 bits per heavy atom. The molecule has 0 aliphatic heterocycles. The Morgan fingerprint density at radius 2 is 1.83 bits per heavy atom. The van der Waals surface area contributed by atoms with Crippen molar-refractivity contribution in [2.24, 2.45) is 5.41 Å². The van der Waals surface area contributed by atoms with Gasteiger partial charge in [0, 0.05) is 5.41 Å². The van der Waals surface area contributed by atoms with E-state index >= 15 is 0 Å². The zero-order valence-corrected chi connectivity index (χ0v) is 7.50. The van der Waals surface area contributed by atoms with E-state index in [9.17, 15) is 4.79 Å². The Hall–Kier alpha value is -1.11. The van der Waals surface area contributed by atoms with Crippen molar-refractivity contribution in [2.75, 3.05) is 0 Å². The summed E-state index contributed by atoms with van der Waals surface area (Å²) in [4.78, 5) is 10.5. The monoisotopic (exact) mass is 161 g/mol. The van der Waals surface area contributed by atoms with Gasteiger partial charge in [0.2, 0.25) is 6.29 Å². The van der Waals surface area contributed by atoms with Crippen LogP contribution in [0.15, 0.2) is 30.3 Å². The fraction of sp³-hybridized carbons (Fsp3) is 0.364. The van der Waals surface area contributed by atoms with Crippen molar-refractivity contribution in [3.63, 3.8) is 0 Å². The standard InChI is InChI=1S/C11H13O/c1-11(2,9-12)8-10-6-4-3-5-7-10/h3-7H,8H2,1-2H3. The lowest BCUT2D eigenvalue weighted by Crippen LogP contribution is -2.16. The van der Waals surface area contributed by atoms with E-state index in [1.807, 2.05) is 50.5 Å². The van der Waals surface area contributed by atoms with E-state index in [2.05, 4.69) is 0 Å². The van der Waals surface area contributed by atoms with Crippen LogP contribution in [-0.4, -0.2) is 6.29 Å². The van der Waals surface area contributed by atoms with Crippen LogP contribution >= 0.6 is 0 Å². The third kappa shape index (κ3) is 2.50. The molecule has 0 spiro atoms. The number of rotatable bonds is 3. The highest BCUT2D eigenvalue weighted by molar-refractivity contribution is 5.59. The molecule has 1 aromatic carbocycles.